The third-order valence-corrected chi connectivity index (χ3v) is 4.32. The minimum Gasteiger partial charge on any atom is -0.383 e. The van der Waals surface area contributed by atoms with Crippen LogP contribution >= 0.6 is 23.2 Å². The number of carbonyl (C=O) groups is 1. The summed E-state index contributed by atoms with van der Waals surface area (Å²) < 4.78 is 5.09. The highest BCUT2D eigenvalue weighted by Crippen LogP contribution is 2.35. The summed E-state index contributed by atoms with van der Waals surface area (Å²) in [6.07, 6.45) is 3.82. The molecule has 0 N–H and O–H groups in total. The van der Waals surface area contributed by atoms with Gasteiger partial charge in [0, 0.05) is 25.9 Å². The van der Waals surface area contributed by atoms with Crippen LogP contribution < -0.4 is 0 Å². The molecule has 1 aliphatic rings. The van der Waals surface area contributed by atoms with Crippen LogP contribution in [0.2, 0.25) is 10.2 Å². The standard InChI is InChI=1S/C14H18Cl2N2O2/c1-9(10-3-4-10)18(5-6-20-2)14(19)11-7-12(15)13(16)17-8-11/h7-10H,3-6H2,1-2H3. The van der Waals surface area contributed by atoms with Crippen LogP contribution in [0.3, 0.4) is 0 Å². The number of rotatable bonds is 6. The highest BCUT2D eigenvalue weighted by Gasteiger charge is 2.34. The maximum Gasteiger partial charge on any atom is 0.255 e. The lowest BCUT2D eigenvalue weighted by Gasteiger charge is -2.29. The van der Waals surface area contributed by atoms with E-state index in [2.05, 4.69) is 11.9 Å². The number of methoxy groups -OCH3 is 1. The summed E-state index contributed by atoms with van der Waals surface area (Å²) >= 11 is 11.7. The highest BCUT2D eigenvalue weighted by molar-refractivity contribution is 6.41. The zero-order valence-corrected chi connectivity index (χ0v) is 13.1. The van der Waals surface area contributed by atoms with Crippen LogP contribution in [0.15, 0.2) is 12.3 Å². The van der Waals surface area contributed by atoms with E-state index in [0.29, 0.717) is 29.7 Å². The molecule has 0 spiro atoms. The molecule has 0 saturated heterocycles. The first-order chi connectivity index (χ1) is 9.54. The number of ether oxygens (including phenoxy) is 1. The topological polar surface area (TPSA) is 42.4 Å². The van der Waals surface area contributed by atoms with Crippen LogP contribution in [0.1, 0.15) is 30.1 Å². The average molecular weight is 317 g/mol. The Hall–Kier alpha value is -0.840. The van der Waals surface area contributed by atoms with Gasteiger partial charge in [0.25, 0.3) is 5.91 Å². The van der Waals surface area contributed by atoms with Crippen molar-refractivity contribution in [1.82, 2.24) is 9.88 Å². The lowest BCUT2D eigenvalue weighted by Crippen LogP contribution is -2.42. The van der Waals surface area contributed by atoms with Gasteiger partial charge in [0.1, 0.15) is 5.15 Å². The van der Waals surface area contributed by atoms with Crippen molar-refractivity contribution < 1.29 is 9.53 Å². The summed E-state index contributed by atoms with van der Waals surface area (Å²) in [5, 5.41) is 0.505. The van der Waals surface area contributed by atoms with E-state index in [1.807, 2.05) is 4.90 Å². The van der Waals surface area contributed by atoms with Crippen molar-refractivity contribution in [3.05, 3.63) is 28.0 Å². The molecule has 0 aromatic carbocycles. The van der Waals surface area contributed by atoms with E-state index in [-0.39, 0.29) is 17.1 Å². The van der Waals surface area contributed by atoms with Gasteiger partial charge >= 0.3 is 0 Å². The molecule has 1 amide bonds. The molecule has 1 unspecified atom stereocenters. The smallest absolute Gasteiger partial charge is 0.255 e. The Morgan fingerprint density at radius 3 is 2.80 bits per heavy atom. The van der Waals surface area contributed by atoms with Gasteiger partial charge in [-0.1, -0.05) is 23.2 Å². The average Bonchev–Trinajstić information content (AvgIpc) is 3.26. The first-order valence-corrected chi connectivity index (χ1v) is 7.41. The van der Waals surface area contributed by atoms with Crippen LogP contribution in [0, 0.1) is 5.92 Å². The fourth-order valence-corrected chi connectivity index (χ4v) is 2.49. The Kier molecular flexibility index (Phi) is 5.24. The van der Waals surface area contributed by atoms with E-state index >= 15 is 0 Å². The third-order valence-electron chi connectivity index (χ3n) is 3.64. The van der Waals surface area contributed by atoms with E-state index in [1.54, 1.807) is 13.2 Å². The fourth-order valence-electron chi connectivity index (χ4n) is 2.22. The van der Waals surface area contributed by atoms with Gasteiger partial charge in [-0.3, -0.25) is 4.79 Å². The van der Waals surface area contributed by atoms with E-state index in [4.69, 9.17) is 27.9 Å². The molecule has 0 aliphatic heterocycles. The maximum atomic E-state index is 12.6. The molecule has 1 fully saturated rings. The number of halogens is 2. The Morgan fingerprint density at radius 1 is 1.55 bits per heavy atom. The second-order valence-corrected chi connectivity index (χ2v) is 5.83. The van der Waals surface area contributed by atoms with Gasteiger partial charge in [-0.05, 0) is 31.7 Å². The quantitative estimate of drug-likeness (QED) is 0.756. The molecule has 110 valence electrons. The van der Waals surface area contributed by atoms with Crippen molar-refractivity contribution >= 4 is 29.1 Å². The second kappa shape index (κ2) is 6.74. The Bertz CT molecular complexity index is 492. The minimum absolute atomic E-state index is 0.0764. The van der Waals surface area contributed by atoms with E-state index in [9.17, 15) is 4.79 Å². The normalized spacial score (nSPS) is 16.0. The number of aromatic nitrogens is 1. The van der Waals surface area contributed by atoms with Crippen molar-refractivity contribution in [2.45, 2.75) is 25.8 Å². The molecule has 1 heterocycles. The molecule has 6 heteroatoms. The molecule has 0 bridgehead atoms. The van der Waals surface area contributed by atoms with Crippen molar-refractivity contribution in [2.75, 3.05) is 20.3 Å². The first-order valence-electron chi connectivity index (χ1n) is 6.65. The summed E-state index contributed by atoms with van der Waals surface area (Å²) in [5.74, 6) is 0.513. The number of pyridine rings is 1. The predicted octanol–water partition coefficient (Wildman–Crippen LogP) is 3.28. The van der Waals surface area contributed by atoms with Gasteiger partial charge < -0.3 is 9.64 Å². The van der Waals surface area contributed by atoms with Crippen LogP contribution in [0.4, 0.5) is 0 Å². The van der Waals surface area contributed by atoms with Crippen LogP contribution in [0.25, 0.3) is 0 Å². The molecule has 1 saturated carbocycles. The van der Waals surface area contributed by atoms with Gasteiger partial charge in [-0.2, -0.15) is 0 Å². The Labute approximate surface area is 129 Å². The van der Waals surface area contributed by atoms with Crippen molar-refractivity contribution in [3.8, 4) is 0 Å². The van der Waals surface area contributed by atoms with E-state index < -0.39 is 0 Å². The molecule has 1 atom stereocenters. The SMILES string of the molecule is COCCN(C(=O)c1cnc(Cl)c(Cl)c1)C(C)C1CC1. The lowest BCUT2D eigenvalue weighted by atomic mass is 10.1. The van der Waals surface area contributed by atoms with E-state index in [1.165, 1.54) is 19.0 Å². The fraction of sp³-hybridized carbons (Fsp3) is 0.571. The van der Waals surface area contributed by atoms with Crippen molar-refractivity contribution in [2.24, 2.45) is 5.92 Å². The second-order valence-electron chi connectivity index (χ2n) is 5.07. The zero-order chi connectivity index (χ0) is 14.7. The molecule has 1 aromatic heterocycles. The van der Waals surface area contributed by atoms with Crippen LogP contribution in [-0.4, -0.2) is 42.1 Å². The Morgan fingerprint density at radius 2 is 2.25 bits per heavy atom. The van der Waals surface area contributed by atoms with Gasteiger partial charge in [-0.25, -0.2) is 4.98 Å². The number of nitrogens with zero attached hydrogens (tertiary/aromatic N) is 2. The molecular formula is C14H18Cl2N2O2. The third kappa shape index (κ3) is 3.62. The molecular weight excluding hydrogens is 299 g/mol. The van der Waals surface area contributed by atoms with Crippen LogP contribution in [-0.2, 0) is 4.74 Å². The molecule has 1 aliphatic carbocycles. The molecule has 1 aromatic rings. The lowest BCUT2D eigenvalue weighted by molar-refractivity contribution is 0.0594. The first kappa shape index (κ1) is 15.5. The van der Waals surface area contributed by atoms with Crippen molar-refractivity contribution in [3.63, 3.8) is 0 Å². The molecule has 0 radical (unpaired) electrons. The van der Waals surface area contributed by atoms with Crippen molar-refractivity contribution in [1.29, 1.82) is 0 Å². The van der Waals surface area contributed by atoms with Gasteiger partial charge in [-0.15, -0.1) is 0 Å². The monoisotopic (exact) mass is 316 g/mol. The molecule has 4 nitrogen and oxygen atoms in total. The predicted molar refractivity (Wildman–Crippen MR) is 79.4 cm³/mol. The molecule has 2 rings (SSSR count). The number of hydrogen-bond acceptors (Lipinski definition) is 3. The van der Waals surface area contributed by atoms with Gasteiger partial charge in [0.05, 0.1) is 17.2 Å². The van der Waals surface area contributed by atoms with Gasteiger partial charge in [0.2, 0.25) is 0 Å². The summed E-state index contributed by atoms with van der Waals surface area (Å²) in [5.41, 5.74) is 0.461. The largest absolute Gasteiger partial charge is 0.383 e. The Balaban J connectivity index is 2.17. The van der Waals surface area contributed by atoms with E-state index in [0.717, 1.165) is 0 Å². The van der Waals surface area contributed by atoms with Crippen LogP contribution in [0.5, 0.6) is 0 Å². The maximum absolute atomic E-state index is 12.6. The highest BCUT2D eigenvalue weighted by atomic mass is 35.5. The summed E-state index contributed by atoms with van der Waals surface area (Å²) in [6.45, 7) is 3.15. The zero-order valence-electron chi connectivity index (χ0n) is 11.6. The van der Waals surface area contributed by atoms with Gasteiger partial charge in [0.15, 0.2) is 0 Å². The summed E-state index contributed by atoms with van der Waals surface area (Å²) in [6, 6.07) is 1.77. The summed E-state index contributed by atoms with van der Waals surface area (Å²) in [7, 11) is 1.63. The number of hydrogen-bond donors (Lipinski definition) is 0. The minimum atomic E-state index is -0.0764. The number of carbonyl (C=O) groups excluding carboxylic acids is 1. The summed E-state index contributed by atoms with van der Waals surface area (Å²) in [4.78, 5) is 18.4. The molecule has 20 heavy (non-hydrogen) atoms. The number of amides is 1.